The van der Waals surface area contributed by atoms with Crippen LogP contribution in [-0.2, 0) is 6.42 Å². The number of halogens is 1. The smallest absolute Gasteiger partial charge is 0.330 e. The maximum Gasteiger partial charge on any atom is 0.415 e. The van der Waals surface area contributed by atoms with Gasteiger partial charge >= 0.3 is 5.13 Å². The summed E-state index contributed by atoms with van der Waals surface area (Å²) in [6.45, 7) is 0.559. The summed E-state index contributed by atoms with van der Waals surface area (Å²) in [6, 6.07) is 35.8. The molecule has 5 aromatic rings. The van der Waals surface area contributed by atoms with Gasteiger partial charge in [-0.25, -0.2) is 18.6 Å². The predicted octanol–water partition coefficient (Wildman–Crippen LogP) is 0.561. The van der Waals surface area contributed by atoms with Gasteiger partial charge in [-0.05, 0) is 46.2 Å². The zero-order valence-corrected chi connectivity index (χ0v) is 21.1. The van der Waals surface area contributed by atoms with Gasteiger partial charge in [0.2, 0.25) is 0 Å². The maximum absolute atomic E-state index is 8.49. The van der Waals surface area contributed by atoms with E-state index < -0.39 is 10.2 Å². The summed E-state index contributed by atoms with van der Waals surface area (Å²) >= 11 is 1.59. The summed E-state index contributed by atoms with van der Waals surface area (Å²) in [7, 11) is -4.94. The molecule has 2 heterocycles. The monoisotopic (exact) mass is 534 g/mol. The summed E-state index contributed by atoms with van der Waals surface area (Å²) in [5.74, 6) is 0. The highest BCUT2D eigenvalue weighted by atomic mass is 35.7. The second-order valence-electron chi connectivity index (χ2n) is 7.84. The molecule has 0 aliphatic heterocycles. The zero-order valence-electron chi connectivity index (χ0n) is 19.6. The van der Waals surface area contributed by atoms with Gasteiger partial charge in [-0.3, -0.25) is 0 Å². The maximum atomic E-state index is 8.49. The van der Waals surface area contributed by atoms with Gasteiger partial charge in [0.1, 0.15) is 16.4 Å². The molecule has 0 aliphatic rings. The van der Waals surface area contributed by atoms with Crippen LogP contribution >= 0.6 is 11.3 Å². The molecular formula is C27H23ClN4O4S. The minimum absolute atomic E-state index is 0.559. The first kappa shape index (κ1) is 26.5. The minimum atomic E-state index is -4.94. The zero-order chi connectivity index (χ0) is 26.3. The van der Waals surface area contributed by atoms with Crippen LogP contribution in [0.15, 0.2) is 103 Å². The SMILES string of the molecule is NCCc1nnc(-[n+]2c(-c3ccccc3)cc(-c3ccccc3)cc2-c2ccccc2)s1.[O-][Cl+3]([O-])([O-])[O-]. The topological polar surface area (TPSA) is 148 Å². The first-order chi connectivity index (χ1) is 17.8. The highest BCUT2D eigenvalue weighted by Crippen LogP contribution is 2.30. The normalized spacial score (nSPS) is 11.1. The van der Waals surface area contributed by atoms with Gasteiger partial charge in [-0.15, -0.1) is 10.2 Å². The summed E-state index contributed by atoms with van der Waals surface area (Å²) in [5, 5.41) is 10.7. The quantitative estimate of drug-likeness (QED) is 0.313. The minimum Gasteiger partial charge on any atom is -0.330 e. The van der Waals surface area contributed by atoms with Crippen LogP contribution in [-0.4, -0.2) is 16.7 Å². The Morgan fingerprint density at radius 1 is 0.649 bits per heavy atom. The van der Waals surface area contributed by atoms with Crippen LogP contribution in [0.2, 0.25) is 0 Å². The second kappa shape index (κ2) is 12.1. The summed E-state index contributed by atoms with van der Waals surface area (Å²) in [5.41, 5.74) is 12.5. The molecule has 5 rings (SSSR count). The Bertz CT molecular complexity index is 1360. The van der Waals surface area contributed by atoms with E-state index in [4.69, 9.17) is 24.4 Å². The van der Waals surface area contributed by atoms with Crippen molar-refractivity contribution in [3.8, 4) is 38.8 Å². The second-order valence-corrected chi connectivity index (χ2v) is 9.64. The summed E-state index contributed by atoms with van der Waals surface area (Å²) in [4.78, 5) is 0. The lowest BCUT2D eigenvalue weighted by atomic mass is 9.99. The number of hydrogen-bond acceptors (Lipinski definition) is 8. The van der Waals surface area contributed by atoms with Crippen molar-refractivity contribution in [2.45, 2.75) is 6.42 Å². The van der Waals surface area contributed by atoms with Crippen molar-refractivity contribution in [2.24, 2.45) is 5.73 Å². The Morgan fingerprint density at radius 2 is 1.08 bits per heavy atom. The first-order valence-corrected chi connectivity index (χ1v) is 13.3. The van der Waals surface area contributed by atoms with Crippen LogP contribution in [0, 0.1) is 10.2 Å². The molecule has 0 aliphatic carbocycles. The number of nitrogens with zero attached hydrogens (tertiary/aromatic N) is 3. The molecule has 2 aromatic heterocycles. The molecule has 0 bridgehead atoms. The van der Waals surface area contributed by atoms with Crippen molar-refractivity contribution < 1.29 is 33.4 Å². The Labute approximate surface area is 220 Å². The number of pyridine rings is 1. The Kier molecular flexibility index (Phi) is 8.70. The van der Waals surface area contributed by atoms with Gasteiger partial charge in [0.15, 0.2) is 0 Å². The van der Waals surface area contributed by atoms with E-state index in [0.717, 1.165) is 44.6 Å². The van der Waals surface area contributed by atoms with E-state index in [1.165, 1.54) is 5.56 Å². The summed E-state index contributed by atoms with van der Waals surface area (Å²) in [6.07, 6.45) is 0.724. The van der Waals surface area contributed by atoms with Crippen molar-refractivity contribution in [1.82, 2.24) is 10.2 Å². The van der Waals surface area contributed by atoms with Gasteiger partial charge in [-0.1, -0.05) is 91.0 Å². The lowest BCUT2D eigenvalue weighted by Gasteiger charge is -2.17. The molecular weight excluding hydrogens is 512 g/mol. The Balaban J connectivity index is 0.000000586. The van der Waals surface area contributed by atoms with Gasteiger partial charge in [0, 0.05) is 17.5 Å². The molecule has 2 N–H and O–H groups in total. The molecule has 0 amide bonds. The predicted molar refractivity (Wildman–Crippen MR) is 131 cm³/mol. The largest absolute Gasteiger partial charge is 0.415 e. The Morgan fingerprint density at radius 3 is 1.51 bits per heavy atom. The van der Waals surface area contributed by atoms with Crippen molar-refractivity contribution in [3.05, 3.63) is 108 Å². The molecule has 3 aromatic carbocycles. The third-order valence-corrected chi connectivity index (χ3v) is 6.29. The van der Waals surface area contributed by atoms with Crippen LogP contribution < -0.4 is 28.9 Å². The van der Waals surface area contributed by atoms with Crippen LogP contribution in [0.1, 0.15) is 5.01 Å². The lowest BCUT2D eigenvalue weighted by molar-refractivity contribution is -2.00. The van der Waals surface area contributed by atoms with E-state index in [0.29, 0.717) is 6.54 Å². The van der Waals surface area contributed by atoms with E-state index in [9.17, 15) is 0 Å². The van der Waals surface area contributed by atoms with Crippen molar-refractivity contribution in [2.75, 3.05) is 6.54 Å². The standard InChI is InChI=1S/C27H23N4S.ClHO4/c28-17-16-26-29-30-27(32-26)31-24(21-12-6-2-7-13-21)18-23(20-10-4-1-5-11-20)19-25(31)22-14-8-3-9-15-22;2-1(3,4)5/h1-15,18-19H,16-17,28H2;(H,2,3,4,5)/q+1;/p-1. The Hall–Kier alpha value is -3.54. The first-order valence-electron chi connectivity index (χ1n) is 11.2. The number of nitrogens with two attached hydrogens (primary N) is 1. The third-order valence-electron chi connectivity index (χ3n) is 5.32. The van der Waals surface area contributed by atoms with E-state index in [1.807, 2.05) is 18.2 Å². The average molecular weight is 535 g/mol. The van der Waals surface area contributed by atoms with Crippen LogP contribution in [0.3, 0.4) is 0 Å². The number of hydrogen-bond donors (Lipinski definition) is 1. The lowest BCUT2D eigenvalue weighted by Crippen LogP contribution is -2.68. The van der Waals surface area contributed by atoms with Gasteiger partial charge in [0.25, 0.3) is 0 Å². The van der Waals surface area contributed by atoms with E-state index in [1.54, 1.807) is 11.3 Å². The van der Waals surface area contributed by atoms with Crippen molar-refractivity contribution >= 4 is 11.3 Å². The van der Waals surface area contributed by atoms with E-state index >= 15 is 0 Å². The number of benzene rings is 3. The van der Waals surface area contributed by atoms with Crippen molar-refractivity contribution in [3.63, 3.8) is 0 Å². The highest BCUT2D eigenvalue weighted by molar-refractivity contribution is 7.13. The van der Waals surface area contributed by atoms with Crippen molar-refractivity contribution in [1.29, 1.82) is 0 Å². The highest BCUT2D eigenvalue weighted by Gasteiger charge is 2.26. The van der Waals surface area contributed by atoms with Crippen LogP contribution in [0.4, 0.5) is 0 Å². The molecule has 0 fully saturated rings. The van der Waals surface area contributed by atoms with Gasteiger partial charge in [-0.2, -0.15) is 4.57 Å². The molecule has 0 atom stereocenters. The van der Waals surface area contributed by atoms with E-state index in [-0.39, 0.29) is 0 Å². The molecule has 0 saturated heterocycles. The molecule has 0 unspecified atom stereocenters. The fourth-order valence-electron chi connectivity index (χ4n) is 3.80. The third kappa shape index (κ3) is 7.25. The summed E-state index contributed by atoms with van der Waals surface area (Å²) < 4.78 is 36.2. The fourth-order valence-corrected chi connectivity index (χ4v) is 4.68. The molecule has 0 radical (unpaired) electrons. The molecule has 8 nitrogen and oxygen atoms in total. The molecule has 0 saturated carbocycles. The van der Waals surface area contributed by atoms with E-state index in [2.05, 4.69) is 99.7 Å². The van der Waals surface area contributed by atoms with Gasteiger partial charge < -0.3 is 5.73 Å². The molecule has 37 heavy (non-hydrogen) atoms. The van der Waals surface area contributed by atoms with Crippen LogP contribution in [0.5, 0.6) is 0 Å². The molecule has 188 valence electrons. The average Bonchev–Trinajstić information content (AvgIpc) is 3.37. The number of rotatable bonds is 6. The molecule has 0 spiro atoms. The number of aromatic nitrogens is 3. The van der Waals surface area contributed by atoms with Gasteiger partial charge in [0.05, 0.1) is 5.10 Å². The fraction of sp³-hybridized carbons (Fsp3) is 0.0741. The van der Waals surface area contributed by atoms with Crippen LogP contribution in [0.25, 0.3) is 38.8 Å². The molecule has 10 heteroatoms.